The van der Waals surface area contributed by atoms with E-state index in [0.717, 1.165) is 26.1 Å². The molecule has 2 aliphatic rings. The zero-order valence-corrected chi connectivity index (χ0v) is 28.8. The van der Waals surface area contributed by atoms with Gasteiger partial charge in [-0.25, -0.2) is 0 Å². The van der Waals surface area contributed by atoms with Crippen molar-refractivity contribution in [3.63, 3.8) is 0 Å². The van der Waals surface area contributed by atoms with Crippen LogP contribution in [0.1, 0.15) is 73.4 Å². The van der Waals surface area contributed by atoms with E-state index in [1.807, 2.05) is 26.0 Å². The molecule has 1 N–H and O–H groups in total. The molecule has 1 aliphatic carbocycles. The van der Waals surface area contributed by atoms with Crippen LogP contribution in [-0.2, 0) is 9.53 Å². The van der Waals surface area contributed by atoms with Crippen molar-refractivity contribution in [1.29, 1.82) is 0 Å². The number of carbonyl (C=O) groups is 2. The molecule has 1 heterocycles. The number of carbonyl (C=O) groups excluding carboxylic acids is 2. The van der Waals surface area contributed by atoms with Crippen LogP contribution < -0.4 is 14.8 Å². The van der Waals surface area contributed by atoms with Gasteiger partial charge in [0.15, 0.2) is 11.5 Å². The first kappa shape index (κ1) is 36.0. The second kappa shape index (κ2) is 18.5. The number of amides is 2. The van der Waals surface area contributed by atoms with Crippen LogP contribution in [0.25, 0.3) is 0 Å². The second-order valence-electron chi connectivity index (χ2n) is 12.8. The van der Waals surface area contributed by atoms with Crippen LogP contribution in [0, 0.1) is 5.92 Å². The van der Waals surface area contributed by atoms with E-state index in [1.54, 1.807) is 44.4 Å². The Balaban J connectivity index is 0.000000219. The summed E-state index contributed by atoms with van der Waals surface area (Å²) in [6.07, 6.45) is 4.88. The Hall–Kier alpha value is -3.88. The lowest BCUT2D eigenvalue weighted by atomic mass is 9.88. The molecular formula is C39H53N3O5. The van der Waals surface area contributed by atoms with Gasteiger partial charge in [0, 0.05) is 63.7 Å². The molecule has 0 radical (unpaired) electrons. The zero-order chi connectivity index (χ0) is 33.6. The van der Waals surface area contributed by atoms with Gasteiger partial charge in [0.2, 0.25) is 5.91 Å². The molecule has 2 amide bonds. The number of nitrogens with one attached hydrogen (secondary N) is 1. The smallest absolute Gasteiger partial charge is 0.253 e. The van der Waals surface area contributed by atoms with Crippen molar-refractivity contribution in [2.24, 2.45) is 5.92 Å². The lowest BCUT2D eigenvalue weighted by molar-refractivity contribution is -0.132. The first-order valence-electron chi connectivity index (χ1n) is 17.0. The van der Waals surface area contributed by atoms with Gasteiger partial charge >= 0.3 is 0 Å². The molecular weight excluding hydrogens is 590 g/mol. The second-order valence-corrected chi connectivity index (χ2v) is 12.8. The molecule has 1 aliphatic heterocycles. The lowest BCUT2D eigenvalue weighted by Gasteiger charge is -2.28. The third kappa shape index (κ3) is 10.8. The Labute approximate surface area is 281 Å². The molecule has 3 aromatic rings. The van der Waals surface area contributed by atoms with Gasteiger partial charge in [-0.2, -0.15) is 0 Å². The van der Waals surface area contributed by atoms with Crippen molar-refractivity contribution in [1.82, 2.24) is 15.1 Å². The number of nitrogens with zero attached hydrogens (tertiary/aromatic N) is 2. The molecule has 47 heavy (non-hydrogen) atoms. The molecule has 0 aromatic heterocycles. The van der Waals surface area contributed by atoms with Crippen LogP contribution in [-0.4, -0.2) is 87.8 Å². The molecule has 1 saturated carbocycles. The summed E-state index contributed by atoms with van der Waals surface area (Å²) < 4.78 is 15.9. The van der Waals surface area contributed by atoms with Crippen molar-refractivity contribution in [3.05, 3.63) is 95.6 Å². The van der Waals surface area contributed by atoms with Crippen molar-refractivity contribution in [2.75, 3.05) is 54.1 Å². The number of hydrogen-bond acceptors (Lipinski definition) is 6. The van der Waals surface area contributed by atoms with Gasteiger partial charge in [0.1, 0.15) is 0 Å². The van der Waals surface area contributed by atoms with Gasteiger partial charge < -0.3 is 29.3 Å². The minimum atomic E-state index is -0.0330. The van der Waals surface area contributed by atoms with Gasteiger partial charge in [-0.1, -0.05) is 60.7 Å². The molecule has 2 fully saturated rings. The maximum atomic E-state index is 13.3. The molecule has 0 spiro atoms. The summed E-state index contributed by atoms with van der Waals surface area (Å²) in [6, 6.07) is 26.8. The van der Waals surface area contributed by atoms with E-state index in [2.05, 4.69) is 58.7 Å². The Morgan fingerprint density at radius 2 is 1.53 bits per heavy atom. The van der Waals surface area contributed by atoms with Crippen molar-refractivity contribution in [2.45, 2.75) is 64.0 Å². The van der Waals surface area contributed by atoms with Gasteiger partial charge in [0.05, 0.1) is 13.7 Å². The van der Waals surface area contributed by atoms with Crippen LogP contribution in [0.4, 0.5) is 0 Å². The molecule has 1 unspecified atom stereocenters. The summed E-state index contributed by atoms with van der Waals surface area (Å²) in [5, 5.41) is 3.43. The highest BCUT2D eigenvalue weighted by atomic mass is 16.5. The van der Waals surface area contributed by atoms with Crippen LogP contribution in [0.5, 0.6) is 11.5 Å². The summed E-state index contributed by atoms with van der Waals surface area (Å²) in [5.41, 5.74) is 3.05. The highest BCUT2D eigenvalue weighted by molar-refractivity contribution is 5.95. The molecule has 0 bridgehead atoms. The Kier molecular flexibility index (Phi) is 14.1. The number of ether oxygens (including phenoxy) is 3. The average Bonchev–Trinajstić information content (AvgIpc) is 3.82. The predicted molar refractivity (Wildman–Crippen MR) is 187 cm³/mol. The maximum absolute atomic E-state index is 13.3. The number of benzene rings is 3. The zero-order valence-electron chi connectivity index (χ0n) is 28.8. The molecule has 5 rings (SSSR count). The fourth-order valence-corrected chi connectivity index (χ4v) is 5.83. The number of hydrogen-bond donors (Lipinski definition) is 1. The highest BCUT2D eigenvalue weighted by Gasteiger charge is 2.35. The fraction of sp³-hybridized carbons (Fsp3) is 0.487. The normalized spacial score (nSPS) is 15.6. The van der Waals surface area contributed by atoms with E-state index in [0.29, 0.717) is 54.6 Å². The van der Waals surface area contributed by atoms with Crippen LogP contribution in [0.15, 0.2) is 78.9 Å². The van der Waals surface area contributed by atoms with Crippen LogP contribution >= 0.6 is 0 Å². The summed E-state index contributed by atoms with van der Waals surface area (Å²) in [6.45, 7) is 8.17. The van der Waals surface area contributed by atoms with Gasteiger partial charge in [-0.3, -0.25) is 9.59 Å². The summed E-state index contributed by atoms with van der Waals surface area (Å²) in [4.78, 5) is 29.5. The average molecular weight is 644 g/mol. The van der Waals surface area contributed by atoms with Crippen LogP contribution in [0.3, 0.4) is 0 Å². The number of rotatable bonds is 15. The summed E-state index contributed by atoms with van der Waals surface area (Å²) in [7, 11) is 5.02. The lowest BCUT2D eigenvalue weighted by Crippen LogP contribution is -2.38. The van der Waals surface area contributed by atoms with E-state index < -0.39 is 0 Å². The molecule has 254 valence electrons. The maximum Gasteiger partial charge on any atom is 0.253 e. The molecule has 3 aromatic carbocycles. The quantitative estimate of drug-likeness (QED) is 0.193. The van der Waals surface area contributed by atoms with E-state index >= 15 is 0 Å². The Morgan fingerprint density at radius 3 is 2.06 bits per heavy atom. The minimum absolute atomic E-state index is 0.0330. The summed E-state index contributed by atoms with van der Waals surface area (Å²) >= 11 is 0. The largest absolute Gasteiger partial charge is 0.493 e. The van der Waals surface area contributed by atoms with Crippen molar-refractivity contribution < 1.29 is 23.8 Å². The number of methoxy groups -OCH3 is 2. The van der Waals surface area contributed by atoms with Gasteiger partial charge in [-0.05, 0) is 81.4 Å². The molecule has 1 atom stereocenters. The van der Waals surface area contributed by atoms with E-state index in [1.165, 1.54) is 30.4 Å². The fourth-order valence-electron chi connectivity index (χ4n) is 5.83. The van der Waals surface area contributed by atoms with E-state index in [-0.39, 0.29) is 17.9 Å². The topological polar surface area (TPSA) is 80.3 Å². The Bertz CT molecular complexity index is 1330. The SMILES string of the molecule is COCCCOc1cc(C(=O)N(C)C(C)C)ccc1OC.O=C(CC(c1ccccc1)c1ccccc1)N(CC1CCNC1)C1CC1. The van der Waals surface area contributed by atoms with Gasteiger partial charge in [-0.15, -0.1) is 0 Å². The Morgan fingerprint density at radius 1 is 0.872 bits per heavy atom. The first-order chi connectivity index (χ1) is 22.8. The third-order valence-corrected chi connectivity index (χ3v) is 8.96. The molecule has 8 heteroatoms. The van der Waals surface area contributed by atoms with E-state index in [4.69, 9.17) is 14.2 Å². The summed E-state index contributed by atoms with van der Waals surface area (Å²) in [5.74, 6) is 2.23. The minimum Gasteiger partial charge on any atom is -0.493 e. The van der Waals surface area contributed by atoms with Gasteiger partial charge in [0.25, 0.3) is 5.91 Å². The standard InChI is InChI=1S/C23H28N2O.C16H25NO4/c26-23(25(21-11-12-21)17-18-13-14-24-16-18)15-22(19-7-3-1-4-8-19)20-9-5-2-6-10-20;1-12(2)17(3)16(18)13-7-8-14(20-5)15(11-13)21-10-6-9-19-4/h1-10,18,21-22,24H,11-17H2;7-8,11-12H,6,9-10H2,1-5H3. The molecule has 8 nitrogen and oxygen atoms in total. The van der Waals surface area contributed by atoms with Crippen LogP contribution in [0.2, 0.25) is 0 Å². The monoisotopic (exact) mass is 643 g/mol. The van der Waals surface area contributed by atoms with Crippen molar-refractivity contribution >= 4 is 11.8 Å². The van der Waals surface area contributed by atoms with E-state index in [9.17, 15) is 9.59 Å². The predicted octanol–water partition coefficient (Wildman–Crippen LogP) is 6.40. The van der Waals surface area contributed by atoms with Crippen molar-refractivity contribution in [3.8, 4) is 11.5 Å². The first-order valence-corrected chi connectivity index (χ1v) is 17.0. The third-order valence-electron chi connectivity index (χ3n) is 8.96. The molecule has 1 saturated heterocycles. The highest BCUT2D eigenvalue weighted by Crippen LogP contribution is 2.33.